The number of aromatic nitrogens is 1. The second-order valence-corrected chi connectivity index (χ2v) is 11.1. The summed E-state index contributed by atoms with van der Waals surface area (Å²) in [5.41, 5.74) is 2.28. The Hall–Kier alpha value is -1.70. The topological polar surface area (TPSA) is 69.9 Å². The molecule has 0 N–H and O–H groups in total. The molecular formula is C24H19ClI2N2O4S. The molecule has 34 heavy (non-hydrogen) atoms. The largest absolute Gasteiger partial charge is 0.495 e. The van der Waals surface area contributed by atoms with E-state index in [0.717, 1.165) is 24.0 Å². The summed E-state index contributed by atoms with van der Waals surface area (Å²) in [7, 11) is 1.64. The SMILES string of the molecule is CCOC(=O)C1=C(C)N=c2sc(=Cc3cc(I)c(OC)c(I)c3)c(=O)n2[C@@H]1c1ccc(Cl)cc1. The summed E-state index contributed by atoms with van der Waals surface area (Å²) in [5, 5.41) is 0.568. The average Bonchev–Trinajstić information content (AvgIpc) is 3.08. The van der Waals surface area contributed by atoms with Crippen LogP contribution in [0.1, 0.15) is 31.0 Å². The van der Waals surface area contributed by atoms with Crippen LogP contribution in [0.2, 0.25) is 5.02 Å². The van der Waals surface area contributed by atoms with Gasteiger partial charge < -0.3 is 9.47 Å². The maximum atomic E-state index is 13.6. The van der Waals surface area contributed by atoms with Crippen LogP contribution in [0, 0.1) is 7.14 Å². The van der Waals surface area contributed by atoms with Gasteiger partial charge in [0.25, 0.3) is 5.56 Å². The highest BCUT2D eigenvalue weighted by molar-refractivity contribution is 14.1. The van der Waals surface area contributed by atoms with Crippen molar-refractivity contribution in [3.05, 3.63) is 90.6 Å². The maximum absolute atomic E-state index is 13.6. The molecular weight excluding hydrogens is 702 g/mol. The Labute approximate surface area is 232 Å². The van der Waals surface area contributed by atoms with Crippen LogP contribution in [0.5, 0.6) is 5.75 Å². The lowest BCUT2D eigenvalue weighted by molar-refractivity contribution is -0.139. The minimum atomic E-state index is -0.661. The fraction of sp³-hybridized carbons (Fsp3) is 0.208. The first-order valence-corrected chi connectivity index (χ1v) is 13.6. The number of allylic oxidation sites excluding steroid dienone is 1. The quantitative estimate of drug-likeness (QED) is 0.284. The molecule has 176 valence electrons. The van der Waals surface area contributed by atoms with E-state index >= 15 is 0 Å². The van der Waals surface area contributed by atoms with E-state index in [1.165, 1.54) is 11.3 Å². The van der Waals surface area contributed by atoms with Gasteiger partial charge in [-0.2, -0.15) is 0 Å². The van der Waals surface area contributed by atoms with E-state index < -0.39 is 12.0 Å². The van der Waals surface area contributed by atoms with Gasteiger partial charge in [-0.15, -0.1) is 0 Å². The number of benzene rings is 2. The van der Waals surface area contributed by atoms with Crippen LogP contribution in [0.25, 0.3) is 6.08 Å². The summed E-state index contributed by atoms with van der Waals surface area (Å²) in [6, 6.07) is 10.4. The van der Waals surface area contributed by atoms with E-state index in [2.05, 4.69) is 50.2 Å². The number of esters is 1. The molecule has 2 aromatic carbocycles. The van der Waals surface area contributed by atoms with Crippen LogP contribution >= 0.6 is 68.1 Å². The second kappa shape index (κ2) is 10.5. The smallest absolute Gasteiger partial charge is 0.338 e. The third-order valence-electron chi connectivity index (χ3n) is 5.23. The van der Waals surface area contributed by atoms with E-state index in [1.807, 2.05) is 30.3 Å². The molecule has 10 heteroatoms. The van der Waals surface area contributed by atoms with E-state index in [0.29, 0.717) is 25.6 Å². The molecule has 0 spiro atoms. The van der Waals surface area contributed by atoms with Gasteiger partial charge in [-0.1, -0.05) is 35.1 Å². The highest BCUT2D eigenvalue weighted by Gasteiger charge is 2.33. The first-order chi connectivity index (χ1) is 16.2. The Kier molecular flexibility index (Phi) is 7.85. The Bertz CT molecular complexity index is 1470. The van der Waals surface area contributed by atoms with Crippen molar-refractivity contribution < 1.29 is 14.3 Å². The van der Waals surface area contributed by atoms with Crippen molar-refractivity contribution in [1.82, 2.24) is 4.57 Å². The van der Waals surface area contributed by atoms with Crippen molar-refractivity contribution in [1.29, 1.82) is 0 Å². The zero-order valence-electron chi connectivity index (χ0n) is 18.4. The highest BCUT2D eigenvalue weighted by atomic mass is 127. The summed E-state index contributed by atoms with van der Waals surface area (Å²) < 4.78 is 14.7. The fourth-order valence-electron chi connectivity index (χ4n) is 3.76. The monoisotopic (exact) mass is 720 g/mol. The molecule has 0 saturated heterocycles. The van der Waals surface area contributed by atoms with Crippen molar-refractivity contribution >= 4 is 80.2 Å². The number of ether oxygens (including phenoxy) is 2. The second-order valence-electron chi connectivity index (χ2n) is 7.37. The zero-order valence-corrected chi connectivity index (χ0v) is 24.3. The van der Waals surface area contributed by atoms with Crippen LogP contribution in [0.4, 0.5) is 0 Å². The van der Waals surface area contributed by atoms with Crippen molar-refractivity contribution in [2.75, 3.05) is 13.7 Å². The van der Waals surface area contributed by atoms with Crippen LogP contribution in [-0.2, 0) is 9.53 Å². The summed E-state index contributed by atoms with van der Waals surface area (Å²) >= 11 is 11.8. The van der Waals surface area contributed by atoms with Crippen LogP contribution in [-0.4, -0.2) is 24.3 Å². The Morgan fingerprint density at radius 2 is 1.88 bits per heavy atom. The van der Waals surface area contributed by atoms with Gasteiger partial charge in [0.05, 0.1) is 42.7 Å². The van der Waals surface area contributed by atoms with Gasteiger partial charge in [-0.05, 0) is 100 Å². The highest BCUT2D eigenvalue weighted by Crippen LogP contribution is 2.32. The predicted octanol–water partition coefficient (Wildman–Crippen LogP) is 4.67. The van der Waals surface area contributed by atoms with Crippen LogP contribution < -0.4 is 19.6 Å². The van der Waals surface area contributed by atoms with Crippen molar-refractivity contribution in [2.45, 2.75) is 19.9 Å². The minimum Gasteiger partial charge on any atom is -0.495 e. The number of nitrogens with zero attached hydrogens (tertiary/aromatic N) is 2. The lowest BCUT2D eigenvalue weighted by Gasteiger charge is -2.24. The third kappa shape index (κ3) is 4.84. The van der Waals surface area contributed by atoms with Gasteiger partial charge >= 0.3 is 5.97 Å². The number of rotatable bonds is 5. The molecule has 0 aliphatic carbocycles. The standard InChI is InChI=1S/C24H19ClI2N2O4S/c1-4-33-23(31)19-12(2)28-24-29(20(19)14-5-7-15(25)8-6-14)22(30)18(34-24)11-13-9-16(26)21(32-3)17(27)10-13/h5-11,20H,4H2,1-3H3/t20-/m1/s1. The summed E-state index contributed by atoms with van der Waals surface area (Å²) in [6.45, 7) is 3.74. The van der Waals surface area contributed by atoms with Gasteiger partial charge in [0.15, 0.2) is 4.80 Å². The molecule has 2 heterocycles. The number of thiazole rings is 1. The average molecular weight is 721 g/mol. The molecule has 1 atom stereocenters. The number of carbonyl (C=O) groups excluding carboxylic acids is 1. The Morgan fingerprint density at radius 1 is 1.24 bits per heavy atom. The summed E-state index contributed by atoms with van der Waals surface area (Å²) in [5.74, 6) is 0.314. The van der Waals surface area contributed by atoms with Crippen molar-refractivity contribution in [2.24, 2.45) is 4.99 Å². The first kappa shape index (κ1) is 25.4. The molecule has 0 amide bonds. The molecule has 1 aromatic heterocycles. The van der Waals surface area contributed by atoms with Gasteiger partial charge in [0, 0.05) is 5.02 Å². The molecule has 0 saturated carbocycles. The van der Waals surface area contributed by atoms with Crippen molar-refractivity contribution in [3.8, 4) is 5.75 Å². The number of hydrogen-bond acceptors (Lipinski definition) is 6. The fourth-order valence-corrected chi connectivity index (χ4v) is 7.19. The van der Waals surface area contributed by atoms with Gasteiger partial charge in [-0.25, -0.2) is 9.79 Å². The van der Waals surface area contributed by atoms with E-state index in [1.54, 1.807) is 37.7 Å². The summed E-state index contributed by atoms with van der Waals surface area (Å²) in [4.78, 5) is 31.7. The van der Waals surface area contributed by atoms with E-state index in [-0.39, 0.29) is 12.2 Å². The van der Waals surface area contributed by atoms with E-state index in [9.17, 15) is 9.59 Å². The molecule has 0 unspecified atom stereocenters. The van der Waals surface area contributed by atoms with E-state index in [4.69, 9.17) is 21.1 Å². The maximum Gasteiger partial charge on any atom is 0.338 e. The number of methoxy groups -OCH3 is 1. The molecule has 3 aromatic rings. The number of carbonyl (C=O) groups is 1. The number of fused-ring (bicyclic) bond motifs is 1. The molecule has 6 nitrogen and oxygen atoms in total. The van der Waals surface area contributed by atoms with Crippen LogP contribution in [0.3, 0.4) is 0 Å². The predicted molar refractivity (Wildman–Crippen MR) is 150 cm³/mol. The first-order valence-electron chi connectivity index (χ1n) is 10.2. The molecule has 0 fully saturated rings. The zero-order chi connectivity index (χ0) is 24.6. The molecule has 1 aliphatic rings. The van der Waals surface area contributed by atoms with Crippen molar-refractivity contribution in [3.63, 3.8) is 0 Å². The Morgan fingerprint density at radius 3 is 2.47 bits per heavy atom. The third-order valence-corrected chi connectivity index (χ3v) is 8.06. The summed E-state index contributed by atoms with van der Waals surface area (Å²) in [6.07, 6.45) is 1.84. The minimum absolute atomic E-state index is 0.223. The molecule has 0 radical (unpaired) electrons. The van der Waals surface area contributed by atoms with Gasteiger partial charge in [0.1, 0.15) is 5.75 Å². The Balaban J connectivity index is 1.94. The molecule has 0 bridgehead atoms. The number of halogens is 3. The van der Waals surface area contributed by atoms with Gasteiger partial charge in [-0.3, -0.25) is 9.36 Å². The molecule has 4 rings (SSSR count). The van der Waals surface area contributed by atoms with Gasteiger partial charge in [0.2, 0.25) is 0 Å². The lowest BCUT2D eigenvalue weighted by Crippen LogP contribution is -2.39. The normalized spacial score (nSPS) is 15.7. The lowest BCUT2D eigenvalue weighted by atomic mass is 9.96. The number of hydrogen-bond donors (Lipinski definition) is 0. The van der Waals surface area contributed by atoms with Crippen LogP contribution in [0.15, 0.2) is 57.5 Å². The molecule has 1 aliphatic heterocycles.